The molecule has 1 amide bonds. The van der Waals surface area contributed by atoms with Crippen LogP contribution in [-0.4, -0.2) is 37.9 Å². The van der Waals surface area contributed by atoms with Gasteiger partial charge in [-0.25, -0.2) is 8.42 Å². The number of nitrogens with one attached hydrogen (secondary N) is 1. The molecule has 0 heterocycles. The summed E-state index contributed by atoms with van der Waals surface area (Å²) in [6, 6.07) is 0. The number of carbonyl (C=O) groups excluding carboxylic acids is 1. The standard InChI is InChI=1S/C13H28N2O3S/c1-5-6-7-8-19(17,18)9-12(16)15-13(4,10-14)11(2)3/h11H,5-10,14H2,1-4H3,(H,15,16). The largest absolute Gasteiger partial charge is 0.349 e. The second-order valence-electron chi connectivity index (χ2n) is 5.62. The van der Waals surface area contributed by atoms with Gasteiger partial charge in [0, 0.05) is 6.54 Å². The lowest BCUT2D eigenvalue weighted by Gasteiger charge is -2.33. The highest BCUT2D eigenvalue weighted by Gasteiger charge is 2.29. The second-order valence-corrected chi connectivity index (χ2v) is 7.81. The number of amides is 1. The van der Waals surface area contributed by atoms with Crippen LogP contribution in [0.15, 0.2) is 0 Å². The van der Waals surface area contributed by atoms with Gasteiger partial charge in [-0.3, -0.25) is 4.79 Å². The minimum absolute atomic E-state index is 0.0786. The van der Waals surface area contributed by atoms with E-state index >= 15 is 0 Å². The van der Waals surface area contributed by atoms with E-state index in [1.807, 2.05) is 27.7 Å². The fourth-order valence-electron chi connectivity index (χ4n) is 1.63. The molecule has 1 atom stereocenters. The Morgan fingerprint density at radius 3 is 2.32 bits per heavy atom. The lowest BCUT2D eigenvalue weighted by molar-refractivity contribution is -0.120. The molecule has 0 saturated carbocycles. The van der Waals surface area contributed by atoms with Gasteiger partial charge in [0.05, 0.1) is 11.3 Å². The number of unbranched alkanes of at least 4 members (excludes halogenated alkanes) is 2. The zero-order chi connectivity index (χ0) is 15.1. The Kier molecular flexibility index (Phi) is 7.59. The Morgan fingerprint density at radius 1 is 1.32 bits per heavy atom. The van der Waals surface area contributed by atoms with Gasteiger partial charge >= 0.3 is 0 Å². The zero-order valence-electron chi connectivity index (χ0n) is 12.5. The Bertz CT molecular complexity index is 379. The number of hydrogen-bond donors (Lipinski definition) is 2. The van der Waals surface area contributed by atoms with Gasteiger partial charge in [-0.05, 0) is 19.3 Å². The average Bonchev–Trinajstić information content (AvgIpc) is 2.27. The van der Waals surface area contributed by atoms with Crippen LogP contribution in [0.5, 0.6) is 0 Å². The molecule has 0 aliphatic heterocycles. The van der Waals surface area contributed by atoms with Crippen molar-refractivity contribution in [3.8, 4) is 0 Å². The molecular formula is C13H28N2O3S. The van der Waals surface area contributed by atoms with Crippen molar-refractivity contribution in [2.45, 2.75) is 52.5 Å². The van der Waals surface area contributed by atoms with Gasteiger partial charge in [0.25, 0.3) is 0 Å². The zero-order valence-corrected chi connectivity index (χ0v) is 13.3. The van der Waals surface area contributed by atoms with Gasteiger partial charge < -0.3 is 11.1 Å². The van der Waals surface area contributed by atoms with Crippen molar-refractivity contribution in [1.29, 1.82) is 0 Å². The van der Waals surface area contributed by atoms with Gasteiger partial charge in [0.15, 0.2) is 9.84 Å². The highest BCUT2D eigenvalue weighted by molar-refractivity contribution is 7.92. The van der Waals surface area contributed by atoms with E-state index in [1.165, 1.54) is 0 Å². The quantitative estimate of drug-likeness (QED) is 0.622. The first-order valence-electron chi connectivity index (χ1n) is 6.88. The molecule has 3 N–H and O–H groups in total. The maximum atomic E-state index is 11.8. The van der Waals surface area contributed by atoms with Crippen molar-refractivity contribution in [3.63, 3.8) is 0 Å². The summed E-state index contributed by atoms with van der Waals surface area (Å²) < 4.78 is 23.5. The summed E-state index contributed by atoms with van der Waals surface area (Å²) in [6.45, 7) is 8.02. The molecule has 6 heteroatoms. The third-order valence-corrected chi connectivity index (χ3v) is 5.15. The van der Waals surface area contributed by atoms with E-state index in [0.717, 1.165) is 12.8 Å². The molecule has 0 saturated heterocycles. The van der Waals surface area contributed by atoms with E-state index in [-0.39, 0.29) is 18.2 Å². The summed E-state index contributed by atoms with van der Waals surface area (Å²) in [7, 11) is -3.31. The second kappa shape index (κ2) is 7.85. The highest BCUT2D eigenvalue weighted by Crippen LogP contribution is 2.14. The number of carbonyl (C=O) groups is 1. The topological polar surface area (TPSA) is 89.3 Å². The maximum absolute atomic E-state index is 11.8. The predicted octanol–water partition coefficient (Wildman–Crippen LogP) is 1.08. The van der Waals surface area contributed by atoms with Gasteiger partial charge in [-0.1, -0.05) is 33.6 Å². The SMILES string of the molecule is CCCCCS(=O)(=O)CC(=O)NC(C)(CN)C(C)C. The first kappa shape index (κ1) is 18.4. The molecule has 1 unspecified atom stereocenters. The Morgan fingerprint density at radius 2 is 1.89 bits per heavy atom. The van der Waals surface area contributed by atoms with E-state index in [9.17, 15) is 13.2 Å². The minimum atomic E-state index is -3.31. The van der Waals surface area contributed by atoms with Crippen molar-refractivity contribution in [3.05, 3.63) is 0 Å². The van der Waals surface area contributed by atoms with Gasteiger partial charge in [-0.2, -0.15) is 0 Å². The molecule has 19 heavy (non-hydrogen) atoms. The summed E-state index contributed by atoms with van der Waals surface area (Å²) >= 11 is 0. The molecule has 0 aromatic carbocycles. The first-order chi connectivity index (χ1) is 8.67. The number of nitrogens with two attached hydrogens (primary N) is 1. The normalized spacial score (nSPS) is 15.3. The van der Waals surface area contributed by atoms with Crippen molar-refractivity contribution >= 4 is 15.7 Å². The van der Waals surface area contributed by atoms with Crippen LogP contribution in [0, 0.1) is 5.92 Å². The number of rotatable bonds is 9. The molecule has 0 spiro atoms. The molecule has 5 nitrogen and oxygen atoms in total. The molecule has 0 aromatic heterocycles. The third kappa shape index (κ3) is 6.92. The summed E-state index contributed by atoms with van der Waals surface area (Å²) in [4.78, 5) is 11.8. The van der Waals surface area contributed by atoms with Crippen LogP contribution >= 0.6 is 0 Å². The smallest absolute Gasteiger partial charge is 0.235 e. The molecule has 0 rings (SSSR count). The van der Waals surface area contributed by atoms with Crippen molar-refractivity contribution in [1.82, 2.24) is 5.32 Å². The number of sulfone groups is 1. The predicted molar refractivity (Wildman–Crippen MR) is 78.6 cm³/mol. The molecule has 0 fully saturated rings. The fourth-order valence-corrected chi connectivity index (χ4v) is 2.89. The maximum Gasteiger partial charge on any atom is 0.235 e. The van der Waals surface area contributed by atoms with E-state index < -0.39 is 27.0 Å². The van der Waals surface area contributed by atoms with E-state index in [2.05, 4.69) is 5.32 Å². The molecule has 0 bridgehead atoms. The summed E-state index contributed by atoms with van der Waals surface area (Å²) in [5.41, 5.74) is 5.09. The summed E-state index contributed by atoms with van der Waals surface area (Å²) in [5.74, 6) is -0.684. The van der Waals surface area contributed by atoms with Crippen LogP contribution in [0.1, 0.15) is 47.0 Å². The Labute approximate surface area is 117 Å². The van der Waals surface area contributed by atoms with Crippen LogP contribution in [0.4, 0.5) is 0 Å². The van der Waals surface area contributed by atoms with Gasteiger partial charge in [-0.15, -0.1) is 0 Å². The molecule has 114 valence electrons. The van der Waals surface area contributed by atoms with Gasteiger partial charge in [0.1, 0.15) is 5.75 Å². The highest BCUT2D eigenvalue weighted by atomic mass is 32.2. The lowest BCUT2D eigenvalue weighted by Crippen LogP contribution is -2.56. The van der Waals surface area contributed by atoms with Crippen LogP contribution in [0.25, 0.3) is 0 Å². The molecule has 0 aromatic rings. The molecule has 0 radical (unpaired) electrons. The van der Waals surface area contributed by atoms with Crippen molar-refractivity contribution in [2.24, 2.45) is 11.7 Å². The summed E-state index contributed by atoms with van der Waals surface area (Å²) in [5, 5.41) is 2.75. The number of hydrogen-bond acceptors (Lipinski definition) is 4. The summed E-state index contributed by atoms with van der Waals surface area (Å²) in [6.07, 6.45) is 2.44. The third-order valence-electron chi connectivity index (χ3n) is 3.53. The van der Waals surface area contributed by atoms with Crippen LogP contribution in [0.2, 0.25) is 0 Å². The van der Waals surface area contributed by atoms with Crippen LogP contribution in [-0.2, 0) is 14.6 Å². The van der Waals surface area contributed by atoms with E-state index in [4.69, 9.17) is 5.73 Å². The minimum Gasteiger partial charge on any atom is -0.349 e. The Balaban J connectivity index is 4.45. The molecule has 0 aliphatic carbocycles. The van der Waals surface area contributed by atoms with Gasteiger partial charge in [0.2, 0.25) is 5.91 Å². The van der Waals surface area contributed by atoms with Crippen LogP contribution < -0.4 is 11.1 Å². The van der Waals surface area contributed by atoms with Crippen LogP contribution in [0.3, 0.4) is 0 Å². The first-order valence-corrected chi connectivity index (χ1v) is 8.70. The average molecular weight is 292 g/mol. The molecule has 0 aliphatic rings. The van der Waals surface area contributed by atoms with E-state index in [1.54, 1.807) is 0 Å². The Hall–Kier alpha value is -0.620. The van der Waals surface area contributed by atoms with Crippen molar-refractivity contribution < 1.29 is 13.2 Å². The monoisotopic (exact) mass is 292 g/mol. The lowest BCUT2D eigenvalue weighted by atomic mass is 9.88. The van der Waals surface area contributed by atoms with Crippen molar-refractivity contribution in [2.75, 3.05) is 18.1 Å². The molecular weight excluding hydrogens is 264 g/mol. The van der Waals surface area contributed by atoms with E-state index in [0.29, 0.717) is 6.42 Å². The fraction of sp³-hybridized carbons (Fsp3) is 0.923.